The van der Waals surface area contributed by atoms with E-state index in [1.54, 1.807) is 43.3 Å². The molecule has 13 heteroatoms. The summed E-state index contributed by atoms with van der Waals surface area (Å²) in [7, 11) is -2.97. The number of nitro benzene ring substituents is 1. The number of carbonyl (C=O) groups is 2. The minimum absolute atomic E-state index is 0.0279. The van der Waals surface area contributed by atoms with E-state index >= 15 is 0 Å². The zero-order chi connectivity index (χ0) is 31.7. The summed E-state index contributed by atoms with van der Waals surface area (Å²) < 4.78 is 46.9. The molecule has 0 heterocycles. The molecule has 0 aromatic heterocycles. The van der Waals surface area contributed by atoms with Gasteiger partial charge in [-0.25, -0.2) is 12.8 Å². The molecule has 0 aliphatic rings. The van der Waals surface area contributed by atoms with E-state index in [0.717, 1.165) is 28.9 Å². The van der Waals surface area contributed by atoms with Crippen molar-refractivity contribution in [1.29, 1.82) is 0 Å². The molecule has 11 nitrogen and oxygen atoms in total. The van der Waals surface area contributed by atoms with Crippen molar-refractivity contribution in [3.8, 4) is 5.75 Å². The van der Waals surface area contributed by atoms with Crippen LogP contribution in [0.5, 0.6) is 5.75 Å². The Morgan fingerprint density at radius 2 is 1.72 bits per heavy atom. The van der Waals surface area contributed by atoms with Crippen molar-refractivity contribution in [1.82, 2.24) is 10.2 Å². The van der Waals surface area contributed by atoms with Gasteiger partial charge in [0.1, 0.15) is 29.8 Å². The summed E-state index contributed by atoms with van der Waals surface area (Å²) >= 11 is 0. The lowest BCUT2D eigenvalue weighted by atomic mass is 10.0. The molecule has 0 aliphatic carbocycles. The molecule has 0 saturated carbocycles. The highest BCUT2D eigenvalue weighted by atomic mass is 32.2. The average Bonchev–Trinajstić information content (AvgIpc) is 2.97. The summed E-state index contributed by atoms with van der Waals surface area (Å²) in [5.74, 6) is -1.97. The first-order valence-electron chi connectivity index (χ1n) is 13.5. The van der Waals surface area contributed by atoms with Gasteiger partial charge in [0.05, 0.1) is 18.3 Å². The molecular weight excluding hydrogens is 579 g/mol. The van der Waals surface area contributed by atoms with E-state index in [4.69, 9.17) is 4.74 Å². The van der Waals surface area contributed by atoms with Gasteiger partial charge in [-0.2, -0.15) is 0 Å². The quantitative estimate of drug-likeness (QED) is 0.213. The van der Waals surface area contributed by atoms with Gasteiger partial charge in [-0.1, -0.05) is 55.5 Å². The second-order valence-electron chi connectivity index (χ2n) is 10.0. The summed E-state index contributed by atoms with van der Waals surface area (Å²) in [6.45, 7) is 2.50. The van der Waals surface area contributed by atoms with Crippen molar-refractivity contribution < 1.29 is 32.1 Å². The second kappa shape index (κ2) is 14.6. The number of methoxy groups -OCH3 is 1. The molecule has 0 bridgehead atoms. The van der Waals surface area contributed by atoms with Crippen LogP contribution in [0.25, 0.3) is 0 Å². The van der Waals surface area contributed by atoms with Crippen molar-refractivity contribution in [3.05, 3.63) is 99.9 Å². The monoisotopic (exact) mass is 614 g/mol. The van der Waals surface area contributed by atoms with E-state index in [0.29, 0.717) is 10.7 Å². The van der Waals surface area contributed by atoms with Crippen LogP contribution in [0.1, 0.15) is 31.4 Å². The van der Waals surface area contributed by atoms with Gasteiger partial charge in [-0.05, 0) is 31.0 Å². The number of anilines is 1. The Labute approximate surface area is 250 Å². The Hall–Kier alpha value is -4.52. The lowest BCUT2D eigenvalue weighted by Crippen LogP contribution is -2.54. The predicted octanol–water partition coefficient (Wildman–Crippen LogP) is 4.06. The maximum absolute atomic E-state index is 14.9. The summed E-state index contributed by atoms with van der Waals surface area (Å²) in [6.07, 6.45) is 1.51. The lowest BCUT2D eigenvalue weighted by molar-refractivity contribution is -0.384. The van der Waals surface area contributed by atoms with E-state index in [1.165, 1.54) is 31.4 Å². The smallest absolute Gasteiger partial charge is 0.271 e. The molecule has 0 aliphatic heterocycles. The molecule has 43 heavy (non-hydrogen) atoms. The fourth-order valence-corrected chi connectivity index (χ4v) is 5.23. The Morgan fingerprint density at radius 3 is 2.30 bits per heavy atom. The minimum atomic E-state index is -4.22. The van der Waals surface area contributed by atoms with Crippen LogP contribution < -0.4 is 14.4 Å². The number of nitro groups is 1. The summed E-state index contributed by atoms with van der Waals surface area (Å²) in [6, 6.07) is 16.7. The average molecular weight is 615 g/mol. The highest BCUT2D eigenvalue weighted by Gasteiger charge is 2.35. The first-order chi connectivity index (χ1) is 20.3. The number of rotatable bonds is 14. The third kappa shape index (κ3) is 8.74. The Bertz CT molecular complexity index is 1550. The van der Waals surface area contributed by atoms with E-state index in [1.807, 2.05) is 6.92 Å². The van der Waals surface area contributed by atoms with Gasteiger partial charge in [0.2, 0.25) is 21.8 Å². The van der Waals surface area contributed by atoms with Gasteiger partial charge >= 0.3 is 0 Å². The number of nitrogens with zero attached hydrogens (tertiary/aromatic N) is 3. The molecule has 2 atom stereocenters. The first-order valence-corrected chi connectivity index (χ1v) is 15.4. The SMILES string of the molecule is CCC(C)NC(=O)C(Cc1ccccc1)N(Cc1ccccc1F)C(=O)CN(c1cc([N+](=O)[O-])ccc1OC)S(C)(=O)=O. The number of halogens is 1. The third-order valence-electron chi connectivity index (χ3n) is 6.89. The van der Waals surface area contributed by atoms with Crippen LogP contribution in [0.15, 0.2) is 72.8 Å². The van der Waals surface area contributed by atoms with Gasteiger partial charge in [-0.15, -0.1) is 0 Å². The summed E-state index contributed by atoms with van der Waals surface area (Å²) in [4.78, 5) is 39.8. The highest BCUT2D eigenvalue weighted by molar-refractivity contribution is 7.92. The number of ether oxygens (including phenoxy) is 1. The number of hydrogen-bond acceptors (Lipinski definition) is 7. The molecule has 2 unspecified atom stereocenters. The van der Waals surface area contributed by atoms with Crippen LogP contribution in [0.4, 0.5) is 15.8 Å². The number of hydrogen-bond donors (Lipinski definition) is 1. The van der Waals surface area contributed by atoms with Gasteiger partial charge in [0.25, 0.3) is 5.69 Å². The Kier molecular flexibility index (Phi) is 11.2. The molecule has 0 saturated heterocycles. The van der Waals surface area contributed by atoms with Crippen molar-refractivity contribution in [2.75, 3.05) is 24.2 Å². The number of carbonyl (C=O) groups excluding carboxylic acids is 2. The number of benzene rings is 3. The maximum Gasteiger partial charge on any atom is 0.271 e. The van der Waals surface area contributed by atoms with Gasteiger partial charge in [-0.3, -0.25) is 24.0 Å². The zero-order valence-electron chi connectivity index (χ0n) is 24.4. The molecule has 2 amide bonds. The topological polar surface area (TPSA) is 139 Å². The fourth-order valence-electron chi connectivity index (χ4n) is 4.39. The normalized spacial score (nSPS) is 12.6. The van der Waals surface area contributed by atoms with Crippen molar-refractivity contribution >= 4 is 33.2 Å². The van der Waals surface area contributed by atoms with Crippen molar-refractivity contribution in [2.45, 2.75) is 45.3 Å². The molecule has 1 N–H and O–H groups in total. The minimum Gasteiger partial charge on any atom is -0.495 e. The van der Waals surface area contributed by atoms with Crippen LogP contribution in [0, 0.1) is 15.9 Å². The number of nitrogens with one attached hydrogen (secondary N) is 1. The fraction of sp³-hybridized carbons (Fsp3) is 0.333. The van der Waals surface area contributed by atoms with E-state index in [-0.39, 0.29) is 36.0 Å². The number of sulfonamides is 1. The van der Waals surface area contributed by atoms with E-state index < -0.39 is 50.9 Å². The van der Waals surface area contributed by atoms with Crippen LogP contribution in [-0.4, -0.2) is 62.0 Å². The standard InChI is InChI=1S/C30H35FN4O7S/c1-5-21(2)32-30(37)27(17-22-11-7-6-8-12-22)33(19-23-13-9-10-14-25(23)31)29(36)20-34(43(4,40)41)26-18-24(35(38)39)15-16-28(26)42-3/h6-16,18,21,27H,5,17,19-20H2,1-4H3,(H,32,37). The molecule has 230 valence electrons. The van der Waals surface area contributed by atoms with Crippen LogP contribution >= 0.6 is 0 Å². The molecule has 3 rings (SSSR count). The molecule has 0 radical (unpaired) electrons. The van der Waals surface area contributed by atoms with E-state index in [9.17, 15) is 32.5 Å². The molecule has 0 spiro atoms. The zero-order valence-corrected chi connectivity index (χ0v) is 25.2. The largest absolute Gasteiger partial charge is 0.495 e. The second-order valence-corrected chi connectivity index (χ2v) is 11.9. The maximum atomic E-state index is 14.9. The predicted molar refractivity (Wildman–Crippen MR) is 161 cm³/mol. The van der Waals surface area contributed by atoms with E-state index in [2.05, 4.69) is 5.32 Å². The lowest BCUT2D eigenvalue weighted by Gasteiger charge is -2.34. The summed E-state index contributed by atoms with van der Waals surface area (Å²) in [5.41, 5.74) is 0.180. The number of non-ortho nitro benzene ring substituents is 1. The van der Waals surface area contributed by atoms with Crippen LogP contribution in [0.3, 0.4) is 0 Å². The van der Waals surface area contributed by atoms with Gasteiger partial charge in [0.15, 0.2) is 0 Å². The third-order valence-corrected chi connectivity index (χ3v) is 8.02. The molecule has 3 aromatic carbocycles. The van der Waals surface area contributed by atoms with Crippen molar-refractivity contribution in [2.24, 2.45) is 0 Å². The van der Waals surface area contributed by atoms with Crippen LogP contribution in [0.2, 0.25) is 0 Å². The highest BCUT2D eigenvalue weighted by Crippen LogP contribution is 2.34. The molecule has 0 fully saturated rings. The van der Waals surface area contributed by atoms with Crippen molar-refractivity contribution in [3.63, 3.8) is 0 Å². The number of amides is 2. The summed E-state index contributed by atoms with van der Waals surface area (Å²) in [5, 5.41) is 14.4. The van der Waals surface area contributed by atoms with Gasteiger partial charge in [0, 0.05) is 36.7 Å². The first kappa shape index (κ1) is 33.0. The molecule has 3 aromatic rings. The van der Waals surface area contributed by atoms with Gasteiger partial charge < -0.3 is 15.0 Å². The Balaban J connectivity index is 2.14. The van der Waals surface area contributed by atoms with Crippen LogP contribution in [-0.2, 0) is 32.6 Å². The molecular formula is C30H35FN4O7S. The Morgan fingerprint density at radius 1 is 1.07 bits per heavy atom.